The zero-order chi connectivity index (χ0) is 15.3. The SMILES string of the molecule is NC(=O)C(F)(F)F.O=[N+]([O-])c1ccc2c(c1)CNCC2. The minimum Gasteiger partial charge on any atom is -0.362 e. The molecular weight excluding hydrogens is 279 g/mol. The molecule has 1 heterocycles. The van der Waals surface area contributed by atoms with Gasteiger partial charge in [-0.05, 0) is 24.1 Å². The van der Waals surface area contributed by atoms with E-state index >= 15 is 0 Å². The molecule has 1 aromatic carbocycles. The topological polar surface area (TPSA) is 98.3 Å². The maximum Gasteiger partial charge on any atom is 0.470 e. The number of halogens is 3. The van der Waals surface area contributed by atoms with Crippen LogP contribution in [0.25, 0.3) is 0 Å². The summed E-state index contributed by atoms with van der Waals surface area (Å²) in [5.74, 6) is -2.26. The van der Waals surface area contributed by atoms with Crippen molar-refractivity contribution in [3.8, 4) is 0 Å². The van der Waals surface area contributed by atoms with Gasteiger partial charge in [-0.1, -0.05) is 6.07 Å². The van der Waals surface area contributed by atoms with Crippen molar-refractivity contribution in [3.05, 3.63) is 39.4 Å². The molecule has 0 saturated carbocycles. The monoisotopic (exact) mass is 291 g/mol. The number of hydrogen-bond donors (Lipinski definition) is 2. The summed E-state index contributed by atoms with van der Waals surface area (Å²) in [7, 11) is 0. The lowest BCUT2D eigenvalue weighted by Gasteiger charge is -2.15. The number of nitro groups is 1. The molecule has 0 saturated heterocycles. The number of nitro benzene ring substituents is 1. The Morgan fingerprint density at radius 3 is 2.45 bits per heavy atom. The van der Waals surface area contributed by atoms with Crippen molar-refractivity contribution in [2.75, 3.05) is 6.54 Å². The summed E-state index contributed by atoms with van der Waals surface area (Å²) in [6.07, 6.45) is -3.90. The van der Waals surface area contributed by atoms with Gasteiger partial charge in [0.05, 0.1) is 4.92 Å². The van der Waals surface area contributed by atoms with Crippen molar-refractivity contribution < 1.29 is 22.9 Å². The second-order valence-corrected chi connectivity index (χ2v) is 4.00. The largest absolute Gasteiger partial charge is 0.470 e. The zero-order valence-electron chi connectivity index (χ0n) is 10.2. The van der Waals surface area contributed by atoms with Gasteiger partial charge in [-0.15, -0.1) is 0 Å². The molecule has 0 aromatic heterocycles. The van der Waals surface area contributed by atoms with Crippen molar-refractivity contribution in [1.29, 1.82) is 0 Å². The molecule has 3 N–H and O–H groups in total. The van der Waals surface area contributed by atoms with Crippen LogP contribution in [0.3, 0.4) is 0 Å². The van der Waals surface area contributed by atoms with Crippen LogP contribution in [0.15, 0.2) is 18.2 Å². The van der Waals surface area contributed by atoms with E-state index in [0.29, 0.717) is 0 Å². The van der Waals surface area contributed by atoms with Gasteiger partial charge in [0.25, 0.3) is 5.69 Å². The summed E-state index contributed by atoms with van der Waals surface area (Å²) in [4.78, 5) is 19.2. The Bertz CT molecular complexity index is 517. The molecule has 20 heavy (non-hydrogen) atoms. The molecule has 0 spiro atoms. The molecule has 1 aliphatic heterocycles. The Labute approximate surface area is 111 Å². The van der Waals surface area contributed by atoms with Gasteiger partial charge >= 0.3 is 12.1 Å². The van der Waals surface area contributed by atoms with Gasteiger partial charge in [0, 0.05) is 18.7 Å². The van der Waals surface area contributed by atoms with E-state index in [-0.39, 0.29) is 10.6 Å². The predicted octanol–water partition coefficient (Wildman–Crippen LogP) is 1.27. The third-order valence-electron chi connectivity index (χ3n) is 2.57. The summed E-state index contributed by atoms with van der Waals surface area (Å²) in [5.41, 5.74) is 6.27. The van der Waals surface area contributed by atoms with Crippen LogP contribution in [-0.4, -0.2) is 23.6 Å². The molecule has 1 amide bonds. The van der Waals surface area contributed by atoms with Crippen LogP contribution in [0, 0.1) is 10.1 Å². The van der Waals surface area contributed by atoms with E-state index in [0.717, 1.165) is 25.1 Å². The minimum absolute atomic E-state index is 0.183. The van der Waals surface area contributed by atoms with Crippen LogP contribution < -0.4 is 11.1 Å². The van der Waals surface area contributed by atoms with E-state index in [4.69, 9.17) is 4.79 Å². The van der Waals surface area contributed by atoms with E-state index < -0.39 is 12.1 Å². The zero-order valence-corrected chi connectivity index (χ0v) is 10.2. The first kappa shape index (κ1) is 15.9. The normalized spacial score (nSPS) is 13.8. The van der Waals surface area contributed by atoms with E-state index in [1.807, 2.05) is 6.07 Å². The molecule has 0 atom stereocenters. The van der Waals surface area contributed by atoms with Crippen LogP contribution in [0.5, 0.6) is 0 Å². The maximum atomic E-state index is 10.7. The second-order valence-electron chi connectivity index (χ2n) is 4.00. The number of nitrogens with zero attached hydrogens (tertiary/aromatic N) is 1. The molecule has 0 aliphatic carbocycles. The number of nitrogens with two attached hydrogens (primary N) is 1. The number of carbonyl (C=O) groups excluding carboxylic acids is 1. The third-order valence-corrected chi connectivity index (χ3v) is 2.57. The van der Waals surface area contributed by atoms with E-state index in [9.17, 15) is 23.3 Å². The maximum absolute atomic E-state index is 10.7. The summed E-state index contributed by atoms with van der Waals surface area (Å²) in [6.45, 7) is 1.71. The summed E-state index contributed by atoms with van der Waals surface area (Å²) in [6, 6.07) is 5.08. The number of non-ortho nitro benzene ring substituents is 1. The Hall–Kier alpha value is -2.16. The number of fused-ring (bicyclic) bond motifs is 1. The molecule has 1 aliphatic rings. The number of hydrogen-bond acceptors (Lipinski definition) is 4. The number of benzene rings is 1. The number of amides is 1. The number of alkyl halides is 3. The fourth-order valence-corrected chi connectivity index (χ4v) is 1.58. The molecule has 0 unspecified atom stereocenters. The van der Waals surface area contributed by atoms with E-state index in [2.05, 4.69) is 11.1 Å². The summed E-state index contributed by atoms with van der Waals surface area (Å²) in [5, 5.41) is 13.7. The lowest BCUT2D eigenvalue weighted by Crippen LogP contribution is -2.30. The summed E-state index contributed by atoms with van der Waals surface area (Å²) >= 11 is 0. The van der Waals surface area contributed by atoms with Crippen LogP contribution >= 0.6 is 0 Å². The molecule has 6 nitrogen and oxygen atoms in total. The lowest BCUT2D eigenvalue weighted by atomic mass is 10.0. The number of primary amides is 1. The standard InChI is InChI=1S/C9H10N2O2.C2H2F3NO/c12-11(13)9-2-1-7-3-4-10-6-8(7)5-9;3-2(4,5)1(6)7/h1-2,5,10H,3-4,6H2;(H2,6,7). The second kappa shape index (κ2) is 6.33. The van der Waals surface area contributed by atoms with Crippen molar-refractivity contribution in [1.82, 2.24) is 5.32 Å². The quantitative estimate of drug-likeness (QED) is 0.601. The average Bonchev–Trinajstić information content (AvgIpc) is 2.37. The summed E-state index contributed by atoms with van der Waals surface area (Å²) < 4.78 is 32.1. The highest BCUT2D eigenvalue weighted by molar-refractivity contribution is 5.79. The van der Waals surface area contributed by atoms with Gasteiger partial charge in [-0.2, -0.15) is 13.2 Å². The Morgan fingerprint density at radius 2 is 1.95 bits per heavy atom. The van der Waals surface area contributed by atoms with Gasteiger partial charge in [0.2, 0.25) is 0 Å². The van der Waals surface area contributed by atoms with Crippen molar-refractivity contribution >= 4 is 11.6 Å². The highest BCUT2D eigenvalue weighted by Gasteiger charge is 2.35. The fraction of sp³-hybridized carbons (Fsp3) is 0.364. The van der Waals surface area contributed by atoms with Crippen molar-refractivity contribution in [2.45, 2.75) is 19.1 Å². The first-order chi connectivity index (χ1) is 9.21. The van der Waals surface area contributed by atoms with Crippen LogP contribution in [0.4, 0.5) is 18.9 Å². The molecule has 1 aromatic rings. The first-order valence-corrected chi connectivity index (χ1v) is 5.55. The number of rotatable bonds is 1. The highest BCUT2D eigenvalue weighted by Crippen LogP contribution is 2.20. The Morgan fingerprint density at radius 1 is 1.35 bits per heavy atom. The molecule has 110 valence electrons. The van der Waals surface area contributed by atoms with Gasteiger partial charge in [-0.3, -0.25) is 14.9 Å². The van der Waals surface area contributed by atoms with Crippen molar-refractivity contribution in [3.63, 3.8) is 0 Å². The highest BCUT2D eigenvalue weighted by atomic mass is 19.4. The minimum atomic E-state index is -4.86. The molecule has 9 heteroatoms. The van der Waals surface area contributed by atoms with Gasteiger partial charge < -0.3 is 11.1 Å². The molecule has 0 fully saturated rings. The van der Waals surface area contributed by atoms with Gasteiger partial charge in [-0.25, -0.2) is 0 Å². The Balaban J connectivity index is 0.000000246. The lowest BCUT2D eigenvalue weighted by molar-refractivity contribution is -0.384. The van der Waals surface area contributed by atoms with E-state index in [1.54, 1.807) is 12.1 Å². The predicted molar refractivity (Wildman–Crippen MR) is 63.8 cm³/mol. The van der Waals surface area contributed by atoms with Gasteiger partial charge in [0.1, 0.15) is 0 Å². The van der Waals surface area contributed by atoms with E-state index in [1.165, 1.54) is 5.56 Å². The molecule has 0 bridgehead atoms. The van der Waals surface area contributed by atoms with Crippen molar-refractivity contribution in [2.24, 2.45) is 5.73 Å². The first-order valence-electron chi connectivity index (χ1n) is 5.55. The van der Waals surface area contributed by atoms with Gasteiger partial charge in [0.15, 0.2) is 0 Å². The van der Waals surface area contributed by atoms with Crippen LogP contribution in [-0.2, 0) is 17.8 Å². The number of carbonyl (C=O) groups is 1. The number of nitrogens with one attached hydrogen (secondary N) is 1. The fourth-order valence-electron chi connectivity index (χ4n) is 1.58. The molecular formula is C11H12F3N3O3. The molecule has 0 radical (unpaired) electrons. The smallest absolute Gasteiger partial charge is 0.362 e. The van der Waals surface area contributed by atoms with Crippen LogP contribution in [0.2, 0.25) is 0 Å². The Kier molecular flexibility index (Phi) is 5.03. The molecule has 2 rings (SSSR count). The average molecular weight is 291 g/mol. The van der Waals surface area contributed by atoms with Crippen LogP contribution in [0.1, 0.15) is 11.1 Å². The third kappa shape index (κ3) is 4.50.